The van der Waals surface area contributed by atoms with Crippen molar-refractivity contribution in [1.82, 2.24) is 9.88 Å². The van der Waals surface area contributed by atoms with Crippen molar-refractivity contribution in [2.45, 2.75) is 32.4 Å². The SMILES string of the molecule is COC(=O)C1CCCN1Cc1cnc(C)s1. The van der Waals surface area contributed by atoms with Crippen LogP contribution in [0.4, 0.5) is 0 Å². The van der Waals surface area contributed by atoms with Crippen LogP contribution in [0.3, 0.4) is 0 Å². The molecule has 0 N–H and O–H groups in total. The molecule has 0 aromatic carbocycles. The van der Waals surface area contributed by atoms with E-state index in [1.165, 1.54) is 12.0 Å². The van der Waals surface area contributed by atoms with Gasteiger partial charge in [-0.1, -0.05) is 0 Å². The second-order valence-corrected chi connectivity index (χ2v) is 5.32. The highest BCUT2D eigenvalue weighted by atomic mass is 32.1. The smallest absolute Gasteiger partial charge is 0.323 e. The van der Waals surface area contributed by atoms with E-state index in [0.29, 0.717) is 0 Å². The third kappa shape index (κ3) is 2.41. The molecular formula is C11H16N2O2S. The van der Waals surface area contributed by atoms with Gasteiger partial charge in [0.1, 0.15) is 6.04 Å². The van der Waals surface area contributed by atoms with Crippen LogP contribution in [0.15, 0.2) is 6.20 Å². The highest BCUT2D eigenvalue weighted by molar-refractivity contribution is 7.11. The minimum Gasteiger partial charge on any atom is -0.468 e. The van der Waals surface area contributed by atoms with E-state index < -0.39 is 0 Å². The summed E-state index contributed by atoms with van der Waals surface area (Å²) in [5, 5.41) is 1.07. The van der Waals surface area contributed by atoms with Gasteiger partial charge in [0, 0.05) is 17.6 Å². The first-order valence-corrected chi connectivity index (χ1v) is 6.25. The number of carbonyl (C=O) groups is 1. The molecule has 16 heavy (non-hydrogen) atoms. The summed E-state index contributed by atoms with van der Waals surface area (Å²) < 4.78 is 4.81. The normalized spacial score (nSPS) is 21.2. The van der Waals surface area contributed by atoms with E-state index >= 15 is 0 Å². The molecule has 1 aromatic heterocycles. The predicted molar refractivity (Wildman–Crippen MR) is 62.3 cm³/mol. The molecule has 1 aliphatic heterocycles. The lowest BCUT2D eigenvalue weighted by Crippen LogP contribution is -2.36. The van der Waals surface area contributed by atoms with Crippen molar-refractivity contribution in [3.63, 3.8) is 0 Å². The van der Waals surface area contributed by atoms with Crippen LogP contribution in [-0.2, 0) is 16.1 Å². The van der Waals surface area contributed by atoms with Crippen molar-refractivity contribution in [3.8, 4) is 0 Å². The maximum absolute atomic E-state index is 11.5. The fourth-order valence-electron chi connectivity index (χ4n) is 2.10. The molecular weight excluding hydrogens is 224 g/mol. The third-order valence-corrected chi connectivity index (χ3v) is 3.76. The predicted octanol–water partition coefficient (Wildman–Crippen LogP) is 1.59. The van der Waals surface area contributed by atoms with Crippen molar-refractivity contribution in [3.05, 3.63) is 16.1 Å². The molecule has 2 heterocycles. The summed E-state index contributed by atoms with van der Waals surface area (Å²) >= 11 is 1.69. The van der Waals surface area contributed by atoms with E-state index in [1.807, 2.05) is 13.1 Å². The first-order chi connectivity index (χ1) is 7.70. The molecule has 0 aliphatic carbocycles. The Morgan fingerprint density at radius 2 is 2.56 bits per heavy atom. The lowest BCUT2D eigenvalue weighted by Gasteiger charge is -2.21. The summed E-state index contributed by atoms with van der Waals surface area (Å²) in [5.41, 5.74) is 0. The maximum Gasteiger partial charge on any atom is 0.323 e. The Hall–Kier alpha value is -0.940. The fourth-order valence-corrected chi connectivity index (χ4v) is 2.92. The second kappa shape index (κ2) is 4.93. The zero-order chi connectivity index (χ0) is 11.5. The average Bonchev–Trinajstić information content (AvgIpc) is 2.87. The summed E-state index contributed by atoms with van der Waals surface area (Å²) in [4.78, 5) is 19.2. The van der Waals surface area contributed by atoms with Gasteiger partial charge in [-0.25, -0.2) is 4.98 Å². The van der Waals surface area contributed by atoms with Crippen molar-refractivity contribution < 1.29 is 9.53 Å². The summed E-state index contributed by atoms with van der Waals surface area (Å²) in [7, 11) is 1.45. The first-order valence-electron chi connectivity index (χ1n) is 5.44. The van der Waals surface area contributed by atoms with E-state index in [4.69, 9.17) is 4.74 Å². The molecule has 1 aromatic rings. The number of methoxy groups -OCH3 is 1. The molecule has 0 amide bonds. The van der Waals surface area contributed by atoms with Gasteiger partial charge in [0.25, 0.3) is 0 Å². The van der Waals surface area contributed by atoms with Gasteiger partial charge in [-0.3, -0.25) is 9.69 Å². The Kier molecular flexibility index (Phi) is 3.56. The quantitative estimate of drug-likeness (QED) is 0.752. The third-order valence-electron chi connectivity index (χ3n) is 2.86. The number of nitrogens with zero attached hydrogens (tertiary/aromatic N) is 2. The molecule has 2 rings (SSSR count). The topological polar surface area (TPSA) is 42.4 Å². The van der Waals surface area contributed by atoms with E-state index in [9.17, 15) is 4.79 Å². The van der Waals surface area contributed by atoms with E-state index in [1.54, 1.807) is 11.3 Å². The number of esters is 1. The Labute approximate surface area is 99.2 Å². The highest BCUT2D eigenvalue weighted by Gasteiger charge is 2.31. The number of hydrogen-bond acceptors (Lipinski definition) is 5. The molecule has 1 unspecified atom stereocenters. The number of aryl methyl sites for hydroxylation is 1. The average molecular weight is 240 g/mol. The van der Waals surface area contributed by atoms with Gasteiger partial charge in [-0.05, 0) is 26.3 Å². The number of carbonyl (C=O) groups excluding carboxylic acids is 1. The molecule has 1 aliphatic rings. The molecule has 4 nitrogen and oxygen atoms in total. The van der Waals surface area contributed by atoms with Gasteiger partial charge in [0.05, 0.1) is 12.1 Å². The molecule has 88 valence electrons. The molecule has 0 saturated carbocycles. The molecule has 0 spiro atoms. The molecule has 5 heteroatoms. The van der Waals surface area contributed by atoms with Crippen molar-refractivity contribution in [1.29, 1.82) is 0 Å². The number of likely N-dealkylation sites (tertiary alicyclic amines) is 1. The zero-order valence-corrected chi connectivity index (χ0v) is 10.4. The summed E-state index contributed by atoms with van der Waals surface area (Å²) in [5.74, 6) is -0.112. The van der Waals surface area contributed by atoms with Crippen molar-refractivity contribution in [2.75, 3.05) is 13.7 Å². The van der Waals surface area contributed by atoms with E-state index in [-0.39, 0.29) is 12.0 Å². The van der Waals surface area contributed by atoms with Gasteiger partial charge in [-0.2, -0.15) is 0 Å². The Morgan fingerprint density at radius 1 is 1.75 bits per heavy atom. The lowest BCUT2D eigenvalue weighted by atomic mass is 10.2. The fraction of sp³-hybridized carbons (Fsp3) is 0.636. The molecule has 0 bridgehead atoms. The number of hydrogen-bond donors (Lipinski definition) is 0. The lowest BCUT2D eigenvalue weighted by molar-refractivity contribution is -0.146. The van der Waals surface area contributed by atoms with Crippen LogP contribution in [0.5, 0.6) is 0 Å². The Balaban J connectivity index is 2.01. The summed E-state index contributed by atoms with van der Waals surface area (Å²) in [6, 6.07) is -0.0626. The van der Waals surface area contributed by atoms with Gasteiger partial charge < -0.3 is 4.74 Å². The summed E-state index contributed by atoms with van der Waals surface area (Å²) in [6.07, 6.45) is 3.87. The van der Waals surface area contributed by atoms with Crippen molar-refractivity contribution >= 4 is 17.3 Å². The number of ether oxygens (including phenoxy) is 1. The molecule has 0 radical (unpaired) electrons. The molecule has 1 saturated heterocycles. The van der Waals surface area contributed by atoms with Gasteiger partial charge in [-0.15, -0.1) is 11.3 Å². The number of thiazole rings is 1. The Bertz CT molecular complexity index is 378. The van der Waals surface area contributed by atoms with E-state index in [2.05, 4.69) is 9.88 Å². The Morgan fingerprint density at radius 3 is 3.19 bits per heavy atom. The van der Waals surface area contributed by atoms with Gasteiger partial charge in [0.15, 0.2) is 0 Å². The van der Waals surface area contributed by atoms with Crippen LogP contribution >= 0.6 is 11.3 Å². The maximum atomic E-state index is 11.5. The monoisotopic (exact) mass is 240 g/mol. The number of rotatable bonds is 3. The van der Waals surface area contributed by atoms with Crippen LogP contribution in [0.25, 0.3) is 0 Å². The minimum atomic E-state index is -0.112. The van der Waals surface area contributed by atoms with Crippen LogP contribution in [0.2, 0.25) is 0 Å². The van der Waals surface area contributed by atoms with Crippen LogP contribution in [0, 0.1) is 6.92 Å². The van der Waals surface area contributed by atoms with Gasteiger partial charge in [0.2, 0.25) is 0 Å². The first kappa shape index (κ1) is 11.5. The van der Waals surface area contributed by atoms with Crippen LogP contribution in [-0.4, -0.2) is 35.5 Å². The van der Waals surface area contributed by atoms with Crippen molar-refractivity contribution in [2.24, 2.45) is 0 Å². The standard InChI is InChI=1S/C11H16N2O2S/c1-8-12-6-9(16-8)7-13-5-3-4-10(13)11(14)15-2/h6,10H,3-5,7H2,1-2H3. The van der Waals surface area contributed by atoms with Crippen LogP contribution < -0.4 is 0 Å². The zero-order valence-electron chi connectivity index (χ0n) is 9.60. The molecule has 1 atom stereocenters. The van der Waals surface area contributed by atoms with E-state index in [0.717, 1.165) is 30.9 Å². The largest absolute Gasteiger partial charge is 0.468 e. The number of aromatic nitrogens is 1. The minimum absolute atomic E-state index is 0.0626. The summed E-state index contributed by atoms with van der Waals surface area (Å²) in [6.45, 7) is 3.78. The second-order valence-electron chi connectivity index (χ2n) is 4.00. The highest BCUT2D eigenvalue weighted by Crippen LogP contribution is 2.23. The molecule has 1 fully saturated rings. The van der Waals surface area contributed by atoms with Gasteiger partial charge >= 0.3 is 5.97 Å². The van der Waals surface area contributed by atoms with Crippen LogP contribution in [0.1, 0.15) is 22.7 Å².